The summed E-state index contributed by atoms with van der Waals surface area (Å²) in [6, 6.07) is 8.66. The molecule has 3 nitrogen and oxygen atoms in total. The zero-order valence-electron chi connectivity index (χ0n) is 14.5. The number of carbonyl (C=O) groups is 1. The van der Waals surface area contributed by atoms with Crippen molar-refractivity contribution in [1.82, 2.24) is 0 Å². The highest BCUT2D eigenvalue weighted by atomic mass is 16.1. The molecule has 1 amide bonds. The molecule has 5 rings (SSSR count). The van der Waals surface area contributed by atoms with Crippen molar-refractivity contribution in [2.75, 3.05) is 5.32 Å². The zero-order valence-corrected chi connectivity index (χ0v) is 14.5. The summed E-state index contributed by atoms with van der Waals surface area (Å²) in [6.07, 6.45) is 9.13. The van der Waals surface area contributed by atoms with Crippen LogP contribution < -0.4 is 5.32 Å². The minimum atomic E-state index is -0.199. The topological polar surface area (TPSA) is 52.9 Å². The molecule has 4 bridgehead atoms. The molecule has 4 fully saturated rings. The van der Waals surface area contributed by atoms with E-state index in [2.05, 4.69) is 30.4 Å². The summed E-state index contributed by atoms with van der Waals surface area (Å²) in [6.45, 7) is 2.11. The number of nitrogens with one attached hydrogen (secondary N) is 1. The summed E-state index contributed by atoms with van der Waals surface area (Å²) < 4.78 is 0. The highest BCUT2D eigenvalue weighted by Gasteiger charge is 2.51. The molecule has 1 aromatic carbocycles. The van der Waals surface area contributed by atoms with Gasteiger partial charge in [-0.1, -0.05) is 19.1 Å². The van der Waals surface area contributed by atoms with Gasteiger partial charge >= 0.3 is 0 Å². The van der Waals surface area contributed by atoms with Crippen LogP contribution in [0.1, 0.15) is 63.0 Å². The third kappa shape index (κ3) is 2.62. The second kappa shape index (κ2) is 5.92. The molecule has 0 spiro atoms. The summed E-state index contributed by atoms with van der Waals surface area (Å²) in [7, 11) is 0. The third-order valence-electron chi connectivity index (χ3n) is 6.66. The molecule has 3 heteroatoms. The number of aryl methyl sites for hydroxylation is 1. The molecule has 24 heavy (non-hydrogen) atoms. The van der Waals surface area contributed by atoms with Crippen molar-refractivity contribution in [1.29, 1.82) is 5.26 Å². The average Bonchev–Trinajstić information content (AvgIpc) is 2.53. The van der Waals surface area contributed by atoms with Crippen LogP contribution >= 0.6 is 0 Å². The number of nitriles is 1. The Morgan fingerprint density at radius 1 is 1.21 bits per heavy atom. The molecule has 126 valence electrons. The molecular weight excluding hydrogens is 296 g/mol. The molecule has 1 aromatic rings. The van der Waals surface area contributed by atoms with E-state index in [1.165, 1.54) is 44.1 Å². The molecule has 0 saturated heterocycles. The number of rotatable bonds is 4. The molecule has 0 aromatic heterocycles. The van der Waals surface area contributed by atoms with Gasteiger partial charge in [0, 0.05) is 5.69 Å². The number of amides is 1. The van der Waals surface area contributed by atoms with Crippen molar-refractivity contribution in [3.8, 4) is 6.07 Å². The van der Waals surface area contributed by atoms with Gasteiger partial charge in [-0.15, -0.1) is 0 Å². The van der Waals surface area contributed by atoms with E-state index in [9.17, 15) is 4.79 Å². The smallest absolute Gasteiger partial charge is 0.238 e. The summed E-state index contributed by atoms with van der Waals surface area (Å²) in [4.78, 5) is 11.9. The third-order valence-corrected chi connectivity index (χ3v) is 6.66. The van der Waals surface area contributed by atoms with Gasteiger partial charge in [-0.3, -0.25) is 4.79 Å². The second-order valence-electron chi connectivity index (χ2n) is 8.31. The molecule has 0 heterocycles. The Labute approximate surface area is 144 Å². The van der Waals surface area contributed by atoms with E-state index in [4.69, 9.17) is 5.26 Å². The van der Waals surface area contributed by atoms with Gasteiger partial charge in [-0.25, -0.2) is 0 Å². The summed E-state index contributed by atoms with van der Waals surface area (Å²) in [5, 5.41) is 11.7. The van der Waals surface area contributed by atoms with E-state index in [0.29, 0.717) is 5.41 Å². The molecule has 0 unspecified atom stereocenters. The van der Waals surface area contributed by atoms with Gasteiger partial charge in [0.2, 0.25) is 5.91 Å². The van der Waals surface area contributed by atoms with Crippen molar-refractivity contribution in [2.24, 2.45) is 17.8 Å². The Kier molecular flexibility index (Phi) is 3.87. The first-order valence-corrected chi connectivity index (χ1v) is 9.42. The normalized spacial score (nSPS) is 33.2. The van der Waals surface area contributed by atoms with Gasteiger partial charge in [0.1, 0.15) is 6.42 Å². The van der Waals surface area contributed by atoms with Crippen LogP contribution in [0.25, 0.3) is 0 Å². The fourth-order valence-electron chi connectivity index (χ4n) is 6.06. The van der Waals surface area contributed by atoms with Crippen molar-refractivity contribution in [3.05, 3.63) is 29.3 Å². The van der Waals surface area contributed by atoms with Gasteiger partial charge in [0.25, 0.3) is 0 Å². The first kappa shape index (κ1) is 15.7. The Balaban J connectivity index is 1.66. The lowest BCUT2D eigenvalue weighted by molar-refractivity contribution is -0.115. The first-order valence-electron chi connectivity index (χ1n) is 9.42. The van der Waals surface area contributed by atoms with Crippen LogP contribution in [0.4, 0.5) is 5.69 Å². The van der Waals surface area contributed by atoms with Crippen LogP contribution in [0.15, 0.2) is 18.2 Å². The monoisotopic (exact) mass is 322 g/mol. The predicted octanol–water partition coefficient (Wildman–Crippen LogP) is 4.57. The minimum absolute atomic E-state index is 0.0786. The van der Waals surface area contributed by atoms with Crippen LogP contribution in [0.5, 0.6) is 0 Å². The maximum Gasteiger partial charge on any atom is 0.238 e. The fourth-order valence-corrected chi connectivity index (χ4v) is 6.06. The Bertz CT molecular complexity index is 665. The predicted molar refractivity (Wildman–Crippen MR) is 94.5 cm³/mol. The van der Waals surface area contributed by atoms with Crippen LogP contribution in [-0.2, 0) is 16.6 Å². The van der Waals surface area contributed by atoms with Gasteiger partial charge < -0.3 is 5.32 Å². The molecule has 4 aliphatic rings. The molecule has 4 saturated carbocycles. The second-order valence-corrected chi connectivity index (χ2v) is 8.31. The lowest BCUT2D eigenvalue weighted by Crippen LogP contribution is -2.48. The fraction of sp³-hybridized carbons (Fsp3) is 0.619. The Hall–Kier alpha value is -1.82. The van der Waals surface area contributed by atoms with E-state index < -0.39 is 0 Å². The van der Waals surface area contributed by atoms with Crippen LogP contribution in [0.3, 0.4) is 0 Å². The SMILES string of the molecule is CCc1ccc(C23CC4CC(CC(C4)C2)C3)cc1NC(=O)CC#N. The molecule has 4 aliphatic carbocycles. The summed E-state index contributed by atoms with van der Waals surface area (Å²) in [5.74, 6) is 2.55. The highest BCUT2D eigenvalue weighted by molar-refractivity contribution is 5.92. The minimum Gasteiger partial charge on any atom is -0.325 e. The average molecular weight is 322 g/mol. The summed E-state index contributed by atoms with van der Waals surface area (Å²) in [5.41, 5.74) is 3.85. The van der Waals surface area contributed by atoms with E-state index in [-0.39, 0.29) is 12.3 Å². The van der Waals surface area contributed by atoms with E-state index >= 15 is 0 Å². The Morgan fingerprint density at radius 3 is 2.38 bits per heavy atom. The number of carbonyl (C=O) groups excluding carboxylic acids is 1. The van der Waals surface area contributed by atoms with E-state index in [1.54, 1.807) is 0 Å². The van der Waals surface area contributed by atoms with E-state index in [1.807, 2.05) is 6.07 Å². The van der Waals surface area contributed by atoms with Gasteiger partial charge in [-0.2, -0.15) is 5.26 Å². The van der Waals surface area contributed by atoms with Crippen molar-refractivity contribution >= 4 is 11.6 Å². The van der Waals surface area contributed by atoms with E-state index in [0.717, 1.165) is 35.4 Å². The number of hydrogen-bond acceptors (Lipinski definition) is 2. The number of hydrogen-bond donors (Lipinski definition) is 1. The summed E-state index contributed by atoms with van der Waals surface area (Å²) >= 11 is 0. The van der Waals surface area contributed by atoms with Crippen molar-refractivity contribution in [3.63, 3.8) is 0 Å². The van der Waals surface area contributed by atoms with Gasteiger partial charge in [-0.05, 0) is 85.3 Å². The standard InChI is InChI=1S/C21H26N2O/c1-2-17-3-4-18(10-19(17)23-20(24)5-6-22)21-11-14-7-15(12-21)9-16(8-14)13-21/h3-4,10,14-16H,2,5,7-9,11-13H2,1H3,(H,23,24). The molecule has 0 radical (unpaired) electrons. The molecule has 0 atom stereocenters. The Morgan fingerprint density at radius 2 is 1.83 bits per heavy atom. The molecular formula is C21H26N2O. The largest absolute Gasteiger partial charge is 0.325 e. The van der Waals surface area contributed by atoms with Crippen molar-refractivity contribution in [2.45, 2.75) is 63.7 Å². The zero-order chi connectivity index (χ0) is 16.7. The van der Waals surface area contributed by atoms with Gasteiger partial charge in [0.05, 0.1) is 6.07 Å². The molecule has 0 aliphatic heterocycles. The highest BCUT2D eigenvalue weighted by Crippen LogP contribution is 2.60. The lowest BCUT2D eigenvalue weighted by atomic mass is 9.48. The quantitative estimate of drug-likeness (QED) is 0.883. The number of anilines is 1. The van der Waals surface area contributed by atoms with Gasteiger partial charge in [0.15, 0.2) is 0 Å². The van der Waals surface area contributed by atoms with Crippen LogP contribution in [-0.4, -0.2) is 5.91 Å². The maximum atomic E-state index is 11.9. The first-order chi connectivity index (χ1) is 11.6. The van der Waals surface area contributed by atoms with Crippen LogP contribution in [0.2, 0.25) is 0 Å². The lowest BCUT2D eigenvalue weighted by Gasteiger charge is -2.57. The van der Waals surface area contributed by atoms with Crippen LogP contribution in [0, 0.1) is 29.1 Å². The number of benzene rings is 1. The maximum absolute atomic E-state index is 11.9. The number of nitrogens with zero attached hydrogens (tertiary/aromatic N) is 1. The van der Waals surface area contributed by atoms with Crippen molar-refractivity contribution < 1.29 is 4.79 Å². The molecule has 1 N–H and O–H groups in total.